The largest absolute Gasteiger partial charge is 0.478 e. The Hall–Kier alpha value is -3.61. The second kappa shape index (κ2) is 14.0. The molecule has 0 aliphatic heterocycles. The van der Waals surface area contributed by atoms with Gasteiger partial charge in [0, 0.05) is 31.0 Å². The third kappa shape index (κ3) is 8.46. The Bertz CT molecular complexity index is 1860. The van der Waals surface area contributed by atoms with Crippen LogP contribution in [0.25, 0.3) is 0 Å². The second-order valence-corrected chi connectivity index (χ2v) is 14.8. The Kier molecular flexibility index (Phi) is 10.5. The summed E-state index contributed by atoms with van der Waals surface area (Å²) in [5, 5.41) is 0. The molecule has 5 rings (SSSR count). The maximum Gasteiger partial charge on any atom is 0.272 e. The van der Waals surface area contributed by atoms with E-state index in [4.69, 9.17) is 32.7 Å². The van der Waals surface area contributed by atoms with Crippen molar-refractivity contribution >= 4 is 77.6 Å². The molecule has 5 aromatic rings. The fraction of sp³-hybridized carbons (Fsp3) is 0.0870. The molecule has 5 aromatic heterocycles. The second-order valence-electron chi connectivity index (χ2n) is 7.56. The molecule has 0 aliphatic rings. The van der Waals surface area contributed by atoms with Crippen molar-refractivity contribution in [3.8, 4) is 11.8 Å². The number of sulfonamides is 2. The molecule has 220 valence electrons. The summed E-state index contributed by atoms with van der Waals surface area (Å²) in [5.41, 5.74) is 0.682. The lowest BCUT2D eigenvalue weighted by molar-refractivity contribution is 0.290. The van der Waals surface area contributed by atoms with Crippen molar-refractivity contribution < 1.29 is 26.3 Å². The number of rotatable bonds is 10. The molecule has 0 amide bonds. The van der Waals surface area contributed by atoms with Crippen molar-refractivity contribution in [1.29, 1.82) is 0 Å². The summed E-state index contributed by atoms with van der Waals surface area (Å²) in [4.78, 5) is 19.8. The van der Waals surface area contributed by atoms with Crippen molar-refractivity contribution in [3.63, 3.8) is 0 Å². The topological polar surface area (TPSA) is 175 Å². The van der Waals surface area contributed by atoms with Crippen LogP contribution in [0.1, 0.15) is 5.69 Å². The highest BCUT2D eigenvalue weighted by Crippen LogP contribution is 2.30. The van der Waals surface area contributed by atoms with Gasteiger partial charge in [0.15, 0.2) is 0 Å². The van der Waals surface area contributed by atoms with Gasteiger partial charge in [0.25, 0.3) is 31.8 Å². The molecular weight excluding hydrogens is 669 g/mol. The molecule has 0 radical (unpaired) electrons. The highest BCUT2D eigenvalue weighted by molar-refractivity contribution is 7.95. The van der Waals surface area contributed by atoms with E-state index >= 15 is 0 Å². The average molecular weight is 689 g/mol. The first-order valence-corrected chi connectivity index (χ1v) is 16.7. The van der Waals surface area contributed by atoms with E-state index in [9.17, 15) is 16.8 Å². The number of ether oxygens (including phenoxy) is 2. The molecule has 19 heteroatoms. The van der Waals surface area contributed by atoms with Crippen LogP contribution in [0.2, 0.25) is 8.67 Å². The minimum atomic E-state index is -3.81. The number of methoxy groups -OCH3 is 1. The fourth-order valence-electron chi connectivity index (χ4n) is 2.91. The van der Waals surface area contributed by atoms with E-state index in [1.807, 2.05) is 6.07 Å². The Morgan fingerprint density at radius 1 is 0.690 bits per heavy atom. The predicted molar refractivity (Wildman–Crippen MR) is 159 cm³/mol. The number of halogens is 2. The normalized spacial score (nSPS) is 11.2. The smallest absolute Gasteiger partial charge is 0.272 e. The molecule has 42 heavy (non-hydrogen) atoms. The minimum Gasteiger partial charge on any atom is -0.478 e. The van der Waals surface area contributed by atoms with Crippen molar-refractivity contribution in [1.82, 2.24) is 24.9 Å². The van der Waals surface area contributed by atoms with E-state index in [2.05, 4.69) is 34.4 Å². The van der Waals surface area contributed by atoms with Gasteiger partial charge in [0.1, 0.15) is 15.0 Å². The van der Waals surface area contributed by atoms with Gasteiger partial charge in [0.2, 0.25) is 11.6 Å². The molecule has 2 N–H and O–H groups in total. The van der Waals surface area contributed by atoms with Crippen molar-refractivity contribution in [2.24, 2.45) is 0 Å². The summed E-state index contributed by atoms with van der Waals surface area (Å²) in [6.07, 6.45) is 7.18. The summed E-state index contributed by atoms with van der Waals surface area (Å²) in [6, 6.07) is 11.3. The molecule has 0 saturated heterocycles. The molecule has 0 bridgehead atoms. The lowest BCUT2D eigenvalue weighted by Gasteiger charge is -2.10. The first-order chi connectivity index (χ1) is 20.1. The monoisotopic (exact) mass is 687 g/mol. The van der Waals surface area contributed by atoms with Gasteiger partial charge < -0.3 is 9.47 Å². The summed E-state index contributed by atoms with van der Waals surface area (Å²) < 4.78 is 64.7. The van der Waals surface area contributed by atoms with E-state index in [1.54, 1.807) is 18.3 Å². The average Bonchev–Trinajstić information content (AvgIpc) is 3.63. The van der Waals surface area contributed by atoms with Gasteiger partial charge in [-0.25, -0.2) is 36.8 Å². The summed E-state index contributed by atoms with van der Waals surface area (Å²) in [7, 11) is -6.16. The van der Waals surface area contributed by atoms with Crippen LogP contribution in [0.5, 0.6) is 11.8 Å². The van der Waals surface area contributed by atoms with E-state index in [0.717, 1.165) is 22.7 Å². The van der Waals surface area contributed by atoms with E-state index in [-0.39, 0.29) is 38.4 Å². The van der Waals surface area contributed by atoms with E-state index in [1.165, 1.54) is 56.2 Å². The maximum absolute atomic E-state index is 12.3. The van der Waals surface area contributed by atoms with Crippen LogP contribution in [-0.2, 0) is 26.7 Å². The van der Waals surface area contributed by atoms with Crippen LogP contribution in [0, 0.1) is 0 Å². The van der Waals surface area contributed by atoms with Gasteiger partial charge in [-0.3, -0.25) is 14.4 Å². The number of nitrogens with zero attached hydrogens (tertiary/aromatic N) is 5. The Morgan fingerprint density at radius 2 is 1.21 bits per heavy atom. The lowest BCUT2D eigenvalue weighted by Crippen LogP contribution is -2.14. The first-order valence-electron chi connectivity index (χ1n) is 11.3. The Balaban J connectivity index is 0.000000201. The van der Waals surface area contributed by atoms with Crippen LogP contribution < -0.4 is 18.9 Å². The summed E-state index contributed by atoms with van der Waals surface area (Å²) in [5.74, 6) is 0.195. The zero-order chi connectivity index (χ0) is 30.2. The van der Waals surface area contributed by atoms with Crippen molar-refractivity contribution in [2.45, 2.75) is 15.0 Å². The zero-order valence-electron chi connectivity index (χ0n) is 21.2. The van der Waals surface area contributed by atoms with E-state index in [0.29, 0.717) is 14.4 Å². The van der Waals surface area contributed by atoms with Crippen molar-refractivity contribution in [3.05, 3.63) is 87.8 Å². The summed E-state index contributed by atoms with van der Waals surface area (Å²) in [6.45, 7) is 0.138. The Morgan fingerprint density at radius 3 is 1.69 bits per heavy atom. The number of pyridine rings is 1. The Labute approximate surface area is 258 Å². The van der Waals surface area contributed by atoms with Gasteiger partial charge in [-0.1, -0.05) is 29.3 Å². The van der Waals surface area contributed by atoms with Crippen molar-refractivity contribution in [2.75, 3.05) is 16.6 Å². The number of aromatic nitrogens is 5. The lowest BCUT2D eigenvalue weighted by atomic mass is 10.4. The number of nitrogens with one attached hydrogen (secondary N) is 2. The fourth-order valence-corrected chi connectivity index (χ4v) is 7.89. The molecule has 5 heterocycles. The van der Waals surface area contributed by atoms with E-state index < -0.39 is 20.0 Å². The quantitative estimate of drug-likeness (QED) is 0.203. The van der Waals surface area contributed by atoms with Gasteiger partial charge >= 0.3 is 0 Å². The number of hydrogen-bond donors (Lipinski definition) is 2. The third-order valence-corrected chi connectivity index (χ3v) is 10.8. The highest BCUT2D eigenvalue weighted by atomic mass is 35.5. The molecule has 0 unspecified atom stereocenters. The van der Waals surface area contributed by atoms with Crippen LogP contribution in [0.4, 0.5) is 11.6 Å². The molecule has 0 atom stereocenters. The highest BCUT2D eigenvalue weighted by Gasteiger charge is 2.21. The maximum atomic E-state index is 12.3. The number of thiophene rings is 2. The molecular formula is C23H19Cl2N7O6S4. The van der Waals surface area contributed by atoms with Gasteiger partial charge in [-0.15, -0.1) is 22.7 Å². The third-order valence-electron chi connectivity index (χ3n) is 4.69. The van der Waals surface area contributed by atoms with Crippen LogP contribution >= 0.6 is 45.9 Å². The first kappa shape index (κ1) is 31.3. The molecule has 0 fully saturated rings. The zero-order valence-corrected chi connectivity index (χ0v) is 26.0. The molecule has 0 saturated carbocycles. The van der Waals surface area contributed by atoms with Gasteiger partial charge in [0.05, 0.1) is 21.5 Å². The van der Waals surface area contributed by atoms with Crippen LogP contribution in [0.3, 0.4) is 0 Å². The molecule has 0 aliphatic carbocycles. The van der Waals surface area contributed by atoms with Gasteiger partial charge in [-0.2, -0.15) is 0 Å². The standard InChI is InChI=1S/C14H11ClN4O3S2.C9H8ClN3O3S2/c15-11-4-5-12(23-11)24(20,21)19-13-14(18-8-7-17-13)22-9-10-3-1-2-6-16-10;1-16-9-8(11-4-5-12-9)13-18(14,15)7-3-2-6(10)17-7/h1-8H,9H2,(H,17,19);2-5H,1H3,(H,11,13). The van der Waals surface area contributed by atoms with Crippen LogP contribution in [-0.4, -0.2) is 48.9 Å². The molecule has 13 nitrogen and oxygen atoms in total. The number of anilines is 2. The molecule has 0 spiro atoms. The summed E-state index contributed by atoms with van der Waals surface area (Å²) >= 11 is 13.4. The van der Waals surface area contributed by atoms with Gasteiger partial charge in [-0.05, 0) is 36.4 Å². The number of hydrogen-bond acceptors (Lipinski definition) is 13. The predicted octanol–water partition coefficient (Wildman–Crippen LogP) is 4.97. The SMILES string of the molecule is COc1nccnc1NS(=O)(=O)c1ccc(Cl)s1.O=S(=O)(Nc1nccnc1OCc1ccccn1)c1ccc(Cl)s1. The molecule has 0 aromatic carbocycles. The van der Waals surface area contributed by atoms with Crippen LogP contribution in [0.15, 0.2) is 81.9 Å². The minimum absolute atomic E-state index is 0.00189.